The van der Waals surface area contributed by atoms with Crippen LogP contribution in [0.3, 0.4) is 0 Å². The highest BCUT2D eigenvalue weighted by atomic mass is 16.5. The number of rotatable bonds is 4. The van der Waals surface area contributed by atoms with Crippen LogP contribution in [0.25, 0.3) is 0 Å². The summed E-state index contributed by atoms with van der Waals surface area (Å²) in [5, 5.41) is 17.6. The minimum Gasteiger partial charge on any atom is -0.479 e. The van der Waals surface area contributed by atoms with E-state index in [1.54, 1.807) is 31.2 Å². The van der Waals surface area contributed by atoms with Crippen molar-refractivity contribution in [2.24, 2.45) is 0 Å². The Balaban J connectivity index is 2.89. The maximum Gasteiger partial charge on any atom is 0.344 e. The summed E-state index contributed by atoms with van der Waals surface area (Å²) < 4.78 is 5.23. The largest absolute Gasteiger partial charge is 0.479 e. The molecule has 0 fully saturated rings. The molecule has 1 rings (SSSR count). The van der Waals surface area contributed by atoms with Gasteiger partial charge in [-0.05, 0) is 18.6 Å². The molecule has 0 aromatic heterocycles. The number of nitriles is 1. The van der Waals surface area contributed by atoms with Crippen LogP contribution in [0.15, 0.2) is 24.3 Å². The van der Waals surface area contributed by atoms with Crippen molar-refractivity contribution in [2.45, 2.75) is 19.4 Å². The van der Waals surface area contributed by atoms with Gasteiger partial charge in [0.05, 0.1) is 5.56 Å². The van der Waals surface area contributed by atoms with Gasteiger partial charge in [0.2, 0.25) is 0 Å². The second-order valence-corrected chi connectivity index (χ2v) is 2.96. The first-order valence-corrected chi connectivity index (χ1v) is 4.57. The van der Waals surface area contributed by atoms with Crippen LogP contribution in [-0.4, -0.2) is 17.2 Å². The number of para-hydroxylation sites is 1. The Labute approximate surface area is 87.7 Å². The van der Waals surface area contributed by atoms with Gasteiger partial charge in [0.15, 0.2) is 6.10 Å². The van der Waals surface area contributed by atoms with Gasteiger partial charge in [0.25, 0.3) is 0 Å². The van der Waals surface area contributed by atoms with E-state index in [4.69, 9.17) is 15.1 Å². The first-order chi connectivity index (χ1) is 7.19. The molecule has 0 aliphatic rings. The van der Waals surface area contributed by atoms with E-state index in [-0.39, 0.29) is 0 Å². The molecule has 0 bridgehead atoms. The Morgan fingerprint density at radius 2 is 2.27 bits per heavy atom. The second-order valence-electron chi connectivity index (χ2n) is 2.96. The fraction of sp³-hybridized carbons (Fsp3) is 0.273. The molecule has 4 heteroatoms. The van der Waals surface area contributed by atoms with E-state index >= 15 is 0 Å². The molecule has 0 heterocycles. The summed E-state index contributed by atoms with van der Waals surface area (Å²) >= 11 is 0. The summed E-state index contributed by atoms with van der Waals surface area (Å²) in [5.41, 5.74) is 0.345. The van der Waals surface area contributed by atoms with Crippen molar-refractivity contribution in [3.63, 3.8) is 0 Å². The number of ether oxygens (including phenoxy) is 1. The lowest BCUT2D eigenvalue weighted by Gasteiger charge is -2.13. The predicted octanol–water partition coefficient (Wildman–Crippen LogP) is 1.80. The van der Waals surface area contributed by atoms with E-state index in [9.17, 15) is 4.79 Å². The van der Waals surface area contributed by atoms with Crippen LogP contribution < -0.4 is 4.74 Å². The molecule has 4 nitrogen and oxygen atoms in total. The van der Waals surface area contributed by atoms with Crippen LogP contribution in [-0.2, 0) is 4.79 Å². The molecule has 78 valence electrons. The SMILES string of the molecule is CC[C@H](Oc1ccccc1C#N)C(=O)O. The second kappa shape index (κ2) is 5.01. The number of hydrogen-bond donors (Lipinski definition) is 1. The fourth-order valence-electron chi connectivity index (χ4n) is 1.12. The molecule has 0 saturated carbocycles. The number of carbonyl (C=O) groups is 1. The Kier molecular flexibility index (Phi) is 3.69. The van der Waals surface area contributed by atoms with E-state index in [2.05, 4.69) is 0 Å². The highest BCUT2D eigenvalue weighted by molar-refractivity contribution is 5.72. The zero-order valence-corrected chi connectivity index (χ0v) is 8.30. The van der Waals surface area contributed by atoms with E-state index in [0.29, 0.717) is 17.7 Å². The van der Waals surface area contributed by atoms with Crippen molar-refractivity contribution in [2.75, 3.05) is 0 Å². The molecule has 1 N–H and O–H groups in total. The number of benzene rings is 1. The van der Waals surface area contributed by atoms with Crippen LogP contribution >= 0.6 is 0 Å². The lowest BCUT2D eigenvalue weighted by Crippen LogP contribution is -2.26. The van der Waals surface area contributed by atoms with Gasteiger partial charge in [-0.1, -0.05) is 19.1 Å². The molecule has 15 heavy (non-hydrogen) atoms. The van der Waals surface area contributed by atoms with Gasteiger partial charge in [-0.15, -0.1) is 0 Å². The molecule has 0 spiro atoms. The minimum atomic E-state index is -1.02. The van der Waals surface area contributed by atoms with Gasteiger partial charge in [0, 0.05) is 0 Å². The number of carboxylic acids is 1. The third kappa shape index (κ3) is 2.71. The molecule has 0 amide bonds. The minimum absolute atomic E-state index is 0.314. The zero-order valence-electron chi connectivity index (χ0n) is 8.30. The summed E-state index contributed by atoms with van der Waals surface area (Å²) in [6.07, 6.45) is -0.547. The van der Waals surface area contributed by atoms with Crippen LogP contribution in [0.1, 0.15) is 18.9 Å². The third-order valence-electron chi connectivity index (χ3n) is 1.92. The summed E-state index contributed by atoms with van der Waals surface area (Å²) in [4.78, 5) is 10.7. The van der Waals surface area contributed by atoms with Crippen molar-refractivity contribution in [1.29, 1.82) is 5.26 Å². The maximum absolute atomic E-state index is 10.7. The zero-order chi connectivity index (χ0) is 11.3. The van der Waals surface area contributed by atoms with Crippen LogP contribution in [0.5, 0.6) is 5.75 Å². The molecule has 0 saturated heterocycles. The first-order valence-electron chi connectivity index (χ1n) is 4.57. The van der Waals surface area contributed by atoms with Gasteiger partial charge in [-0.25, -0.2) is 4.79 Å². The van der Waals surface area contributed by atoms with E-state index in [1.165, 1.54) is 0 Å². The lowest BCUT2D eigenvalue weighted by atomic mass is 10.2. The number of nitrogens with zero attached hydrogens (tertiary/aromatic N) is 1. The van der Waals surface area contributed by atoms with Crippen molar-refractivity contribution in [1.82, 2.24) is 0 Å². The quantitative estimate of drug-likeness (QED) is 0.813. The molecular formula is C11H11NO3. The Morgan fingerprint density at radius 1 is 1.60 bits per heavy atom. The monoisotopic (exact) mass is 205 g/mol. The molecule has 0 unspecified atom stereocenters. The van der Waals surface area contributed by atoms with Gasteiger partial charge >= 0.3 is 5.97 Å². The third-order valence-corrected chi connectivity index (χ3v) is 1.92. The Bertz CT molecular complexity index is 395. The first kappa shape index (κ1) is 11.1. The summed E-state index contributed by atoms with van der Waals surface area (Å²) in [6.45, 7) is 1.72. The summed E-state index contributed by atoms with van der Waals surface area (Å²) in [5.74, 6) is -0.709. The van der Waals surface area contributed by atoms with E-state index in [1.807, 2.05) is 6.07 Å². The van der Waals surface area contributed by atoms with Gasteiger partial charge in [-0.3, -0.25) is 0 Å². The highest BCUT2D eigenvalue weighted by Gasteiger charge is 2.17. The van der Waals surface area contributed by atoms with Crippen LogP contribution in [0.4, 0.5) is 0 Å². The van der Waals surface area contributed by atoms with Crippen LogP contribution in [0, 0.1) is 11.3 Å². The molecule has 1 aromatic rings. The van der Waals surface area contributed by atoms with Crippen molar-refractivity contribution >= 4 is 5.97 Å². The molecule has 1 aromatic carbocycles. The normalized spacial score (nSPS) is 11.5. The molecule has 0 aliphatic carbocycles. The topological polar surface area (TPSA) is 70.3 Å². The number of aliphatic carboxylic acids is 1. The van der Waals surface area contributed by atoms with Crippen molar-refractivity contribution in [3.05, 3.63) is 29.8 Å². The average molecular weight is 205 g/mol. The number of hydrogen-bond acceptors (Lipinski definition) is 3. The summed E-state index contributed by atoms with van der Waals surface area (Å²) in [7, 11) is 0. The molecular weight excluding hydrogens is 194 g/mol. The smallest absolute Gasteiger partial charge is 0.344 e. The predicted molar refractivity (Wildman–Crippen MR) is 53.5 cm³/mol. The Morgan fingerprint density at radius 3 is 2.80 bits per heavy atom. The van der Waals surface area contributed by atoms with Gasteiger partial charge < -0.3 is 9.84 Å². The average Bonchev–Trinajstić information content (AvgIpc) is 2.25. The van der Waals surface area contributed by atoms with Crippen molar-refractivity contribution < 1.29 is 14.6 Å². The molecule has 0 aliphatic heterocycles. The lowest BCUT2D eigenvalue weighted by molar-refractivity contribution is -0.145. The van der Waals surface area contributed by atoms with Gasteiger partial charge in [0.1, 0.15) is 11.8 Å². The maximum atomic E-state index is 10.7. The van der Waals surface area contributed by atoms with E-state index < -0.39 is 12.1 Å². The summed E-state index contributed by atoms with van der Waals surface area (Å²) in [6, 6.07) is 8.52. The standard InChI is InChI=1S/C11H11NO3/c1-2-9(11(13)14)15-10-6-4-3-5-8(10)7-12/h3-6,9H,2H2,1H3,(H,13,14)/t9-/m0/s1. The van der Waals surface area contributed by atoms with Gasteiger partial charge in [-0.2, -0.15) is 5.26 Å². The Hall–Kier alpha value is -2.02. The highest BCUT2D eigenvalue weighted by Crippen LogP contribution is 2.18. The van der Waals surface area contributed by atoms with Crippen LogP contribution in [0.2, 0.25) is 0 Å². The number of carboxylic acid groups (broad SMARTS) is 1. The van der Waals surface area contributed by atoms with E-state index in [0.717, 1.165) is 0 Å². The molecule has 0 radical (unpaired) electrons. The fourth-order valence-corrected chi connectivity index (χ4v) is 1.12. The molecule has 1 atom stereocenters. The van der Waals surface area contributed by atoms with Crippen molar-refractivity contribution in [3.8, 4) is 11.8 Å².